The molecule has 1 amide bonds. The molecule has 0 unspecified atom stereocenters. The van der Waals surface area contributed by atoms with Gasteiger partial charge in [-0.15, -0.1) is 11.3 Å². The molecule has 0 fully saturated rings. The van der Waals surface area contributed by atoms with Crippen molar-refractivity contribution in [3.8, 4) is 0 Å². The second-order valence-electron chi connectivity index (χ2n) is 5.08. The summed E-state index contributed by atoms with van der Waals surface area (Å²) in [5, 5.41) is 15.5. The van der Waals surface area contributed by atoms with E-state index in [1.807, 2.05) is 29.3 Å². The van der Waals surface area contributed by atoms with Crippen LogP contribution in [0.5, 0.6) is 0 Å². The quantitative estimate of drug-likeness (QED) is 0.595. The number of rotatable bonds is 8. The van der Waals surface area contributed by atoms with Crippen LogP contribution < -0.4 is 5.32 Å². The average Bonchev–Trinajstić information content (AvgIpc) is 3.06. The highest BCUT2D eigenvalue weighted by Crippen LogP contribution is 2.13. The summed E-state index contributed by atoms with van der Waals surface area (Å²) in [6, 6.07) is 10.4. The lowest BCUT2D eigenvalue weighted by molar-refractivity contribution is -0.384. The summed E-state index contributed by atoms with van der Waals surface area (Å²) in [4.78, 5) is 25.3. The van der Waals surface area contributed by atoms with Gasteiger partial charge in [-0.2, -0.15) is 0 Å². The molecule has 0 aliphatic carbocycles. The Kier molecular flexibility index (Phi) is 6.25. The Morgan fingerprint density at radius 3 is 2.61 bits per heavy atom. The largest absolute Gasteiger partial charge is 0.350 e. The molecule has 0 bridgehead atoms. The minimum absolute atomic E-state index is 0.0258. The number of likely N-dealkylation sites (N-methyl/N-ethyl adjacent to an activating group) is 1. The Hall–Kier alpha value is -2.25. The number of nitrogens with one attached hydrogen (secondary N) is 1. The number of benzene rings is 1. The molecule has 122 valence electrons. The highest BCUT2D eigenvalue weighted by molar-refractivity contribution is 7.09. The maximum atomic E-state index is 12.0. The van der Waals surface area contributed by atoms with E-state index in [0.29, 0.717) is 19.6 Å². The molecule has 2 aromatic rings. The third-order valence-corrected chi connectivity index (χ3v) is 4.28. The Morgan fingerprint density at radius 2 is 2.04 bits per heavy atom. The molecule has 0 aliphatic rings. The zero-order valence-corrected chi connectivity index (χ0v) is 13.7. The van der Waals surface area contributed by atoms with Gasteiger partial charge in [0.25, 0.3) is 5.69 Å². The van der Waals surface area contributed by atoms with Crippen LogP contribution in [0.4, 0.5) is 5.69 Å². The van der Waals surface area contributed by atoms with Crippen molar-refractivity contribution in [1.82, 2.24) is 10.2 Å². The van der Waals surface area contributed by atoms with E-state index >= 15 is 0 Å². The van der Waals surface area contributed by atoms with Gasteiger partial charge in [0.1, 0.15) is 0 Å². The monoisotopic (exact) mass is 333 g/mol. The van der Waals surface area contributed by atoms with Crippen LogP contribution in [0.3, 0.4) is 0 Å². The molecule has 0 spiro atoms. The van der Waals surface area contributed by atoms with E-state index in [-0.39, 0.29) is 11.6 Å². The predicted octanol–water partition coefficient (Wildman–Crippen LogP) is 2.79. The standard InChI is InChI=1S/C16H19N3O3S/c1-2-18(11-13-5-7-14(8-6-13)19(21)22)12-16(20)17-10-15-4-3-9-23-15/h3-9H,2,10-12H2,1H3,(H,17,20). The first kappa shape index (κ1) is 17.1. The molecular formula is C16H19N3O3S. The fourth-order valence-electron chi connectivity index (χ4n) is 2.12. The van der Waals surface area contributed by atoms with Crippen molar-refractivity contribution in [2.45, 2.75) is 20.0 Å². The Morgan fingerprint density at radius 1 is 1.30 bits per heavy atom. The molecule has 0 saturated carbocycles. The van der Waals surface area contributed by atoms with Crippen molar-refractivity contribution in [2.24, 2.45) is 0 Å². The Bertz CT molecular complexity index is 641. The minimum Gasteiger partial charge on any atom is -0.350 e. The van der Waals surface area contributed by atoms with E-state index in [1.165, 1.54) is 12.1 Å². The van der Waals surface area contributed by atoms with Gasteiger partial charge in [0.2, 0.25) is 5.91 Å². The first-order valence-corrected chi connectivity index (χ1v) is 8.21. The number of hydrogen-bond donors (Lipinski definition) is 1. The summed E-state index contributed by atoms with van der Waals surface area (Å²) in [6.07, 6.45) is 0. The third kappa shape index (κ3) is 5.46. The molecule has 23 heavy (non-hydrogen) atoms. The van der Waals surface area contributed by atoms with Gasteiger partial charge in [0.15, 0.2) is 0 Å². The molecule has 1 aromatic heterocycles. The molecule has 6 nitrogen and oxygen atoms in total. The van der Waals surface area contributed by atoms with Gasteiger partial charge in [-0.05, 0) is 23.6 Å². The highest BCUT2D eigenvalue weighted by atomic mass is 32.1. The van der Waals surface area contributed by atoms with Crippen molar-refractivity contribution in [3.05, 3.63) is 62.3 Å². The SMILES string of the molecule is CCN(CC(=O)NCc1cccs1)Cc1ccc([N+](=O)[O-])cc1. The first-order chi connectivity index (χ1) is 11.1. The Balaban J connectivity index is 1.84. The van der Waals surface area contributed by atoms with Crippen LogP contribution in [-0.2, 0) is 17.9 Å². The Labute approximate surface area is 138 Å². The molecule has 0 radical (unpaired) electrons. The molecule has 1 N–H and O–H groups in total. The molecule has 7 heteroatoms. The highest BCUT2D eigenvalue weighted by Gasteiger charge is 2.11. The van der Waals surface area contributed by atoms with E-state index in [1.54, 1.807) is 23.5 Å². The lowest BCUT2D eigenvalue weighted by Crippen LogP contribution is -2.36. The van der Waals surface area contributed by atoms with Crippen molar-refractivity contribution < 1.29 is 9.72 Å². The van der Waals surface area contributed by atoms with Crippen LogP contribution >= 0.6 is 11.3 Å². The number of amides is 1. The number of nitro benzene ring substituents is 1. The first-order valence-electron chi connectivity index (χ1n) is 7.33. The van der Waals surface area contributed by atoms with Crippen molar-refractivity contribution in [3.63, 3.8) is 0 Å². The fraction of sp³-hybridized carbons (Fsp3) is 0.312. The maximum absolute atomic E-state index is 12.0. The van der Waals surface area contributed by atoms with E-state index in [2.05, 4.69) is 5.32 Å². The second-order valence-corrected chi connectivity index (χ2v) is 6.12. The number of thiophene rings is 1. The number of nitro groups is 1. The summed E-state index contributed by atoms with van der Waals surface area (Å²) in [5.41, 5.74) is 1.02. The normalized spacial score (nSPS) is 10.7. The lowest BCUT2D eigenvalue weighted by atomic mass is 10.2. The number of non-ortho nitro benzene ring substituents is 1. The maximum Gasteiger partial charge on any atom is 0.269 e. The second kappa shape index (κ2) is 8.40. The van der Waals surface area contributed by atoms with E-state index < -0.39 is 4.92 Å². The average molecular weight is 333 g/mol. The molecule has 1 aromatic carbocycles. The van der Waals surface area contributed by atoms with Gasteiger partial charge in [-0.25, -0.2) is 0 Å². The summed E-state index contributed by atoms with van der Waals surface area (Å²) in [5.74, 6) is -0.0258. The third-order valence-electron chi connectivity index (χ3n) is 3.41. The van der Waals surface area contributed by atoms with E-state index in [0.717, 1.165) is 17.0 Å². The van der Waals surface area contributed by atoms with Gasteiger partial charge >= 0.3 is 0 Å². The predicted molar refractivity (Wildman–Crippen MR) is 90.2 cm³/mol. The summed E-state index contributed by atoms with van der Waals surface area (Å²) in [6.45, 7) is 4.15. The summed E-state index contributed by atoms with van der Waals surface area (Å²) >= 11 is 1.61. The van der Waals surface area contributed by atoms with Crippen LogP contribution in [0.25, 0.3) is 0 Å². The van der Waals surface area contributed by atoms with Gasteiger partial charge in [-0.3, -0.25) is 19.8 Å². The van der Waals surface area contributed by atoms with Crippen molar-refractivity contribution >= 4 is 22.9 Å². The van der Waals surface area contributed by atoms with Crippen LogP contribution in [0.2, 0.25) is 0 Å². The van der Waals surface area contributed by atoms with Crippen molar-refractivity contribution in [1.29, 1.82) is 0 Å². The number of hydrogen-bond acceptors (Lipinski definition) is 5. The number of carbonyl (C=O) groups excluding carboxylic acids is 1. The summed E-state index contributed by atoms with van der Waals surface area (Å²) in [7, 11) is 0. The summed E-state index contributed by atoms with van der Waals surface area (Å²) < 4.78 is 0. The van der Waals surface area contributed by atoms with Crippen molar-refractivity contribution in [2.75, 3.05) is 13.1 Å². The van der Waals surface area contributed by atoms with E-state index in [4.69, 9.17) is 0 Å². The minimum atomic E-state index is -0.417. The molecule has 1 heterocycles. The molecule has 0 atom stereocenters. The topological polar surface area (TPSA) is 75.5 Å². The van der Waals surface area contributed by atoms with Gasteiger partial charge in [-0.1, -0.05) is 25.1 Å². The smallest absolute Gasteiger partial charge is 0.269 e. The van der Waals surface area contributed by atoms with Crippen LogP contribution in [-0.4, -0.2) is 28.8 Å². The van der Waals surface area contributed by atoms with Crippen LogP contribution in [0.1, 0.15) is 17.4 Å². The zero-order valence-electron chi connectivity index (χ0n) is 12.9. The molecule has 0 saturated heterocycles. The van der Waals surface area contributed by atoms with Crippen LogP contribution in [0.15, 0.2) is 41.8 Å². The van der Waals surface area contributed by atoms with E-state index in [9.17, 15) is 14.9 Å². The molecular weight excluding hydrogens is 314 g/mol. The molecule has 0 aliphatic heterocycles. The van der Waals surface area contributed by atoms with Crippen LogP contribution in [0, 0.1) is 10.1 Å². The zero-order chi connectivity index (χ0) is 16.7. The molecule has 2 rings (SSSR count). The lowest BCUT2D eigenvalue weighted by Gasteiger charge is -2.19. The fourth-order valence-corrected chi connectivity index (χ4v) is 2.76. The number of carbonyl (C=O) groups is 1. The van der Waals surface area contributed by atoms with Gasteiger partial charge in [0, 0.05) is 23.6 Å². The number of nitrogens with zero attached hydrogens (tertiary/aromatic N) is 2. The van der Waals surface area contributed by atoms with Gasteiger partial charge < -0.3 is 5.32 Å². The van der Waals surface area contributed by atoms with Gasteiger partial charge in [0.05, 0.1) is 18.0 Å².